The Balaban J connectivity index is 0.000000193. The fourth-order valence-corrected chi connectivity index (χ4v) is 12.9. The molecule has 2 fully saturated rings. The van der Waals surface area contributed by atoms with E-state index < -0.39 is 16.1 Å². The van der Waals surface area contributed by atoms with Crippen molar-refractivity contribution in [1.82, 2.24) is 19.8 Å². The van der Waals surface area contributed by atoms with Crippen molar-refractivity contribution < 1.29 is 13.3 Å². The maximum absolute atomic E-state index is 6.25. The first-order valence-electron chi connectivity index (χ1n) is 16.0. The van der Waals surface area contributed by atoms with Gasteiger partial charge in [-0.1, -0.05) is 109 Å². The Morgan fingerprint density at radius 2 is 1.17 bits per heavy atom. The van der Waals surface area contributed by atoms with Crippen molar-refractivity contribution in [3.63, 3.8) is 0 Å². The van der Waals surface area contributed by atoms with Gasteiger partial charge in [-0.25, -0.2) is 4.98 Å². The molecule has 6 rings (SSSR count). The van der Waals surface area contributed by atoms with Gasteiger partial charge >= 0.3 is 50.5 Å². The van der Waals surface area contributed by atoms with Crippen molar-refractivity contribution >= 4 is 85.7 Å². The molecule has 2 saturated heterocycles. The summed E-state index contributed by atoms with van der Waals surface area (Å²) in [6, 6.07) is 27.3. The molecule has 4 heterocycles. The Hall–Kier alpha value is -0.426. The van der Waals surface area contributed by atoms with Crippen LogP contribution in [0.25, 0.3) is 0 Å². The zero-order valence-corrected chi connectivity index (χ0v) is 37.1. The molecular weight excluding hydrogens is 961 g/mol. The maximum atomic E-state index is 6.25. The van der Waals surface area contributed by atoms with E-state index in [1.165, 1.54) is 65.5 Å². The van der Waals surface area contributed by atoms with Crippen LogP contribution in [-0.2, 0) is 0 Å². The van der Waals surface area contributed by atoms with Crippen molar-refractivity contribution in [3.05, 3.63) is 108 Å². The molecule has 248 valence electrons. The molecule has 0 unspecified atom stereocenters. The van der Waals surface area contributed by atoms with Crippen LogP contribution in [0.2, 0.25) is 31.3 Å². The molecule has 2 aromatic carbocycles. The second-order valence-corrected chi connectivity index (χ2v) is 38.7. The average Bonchev–Trinajstić information content (AvgIpc) is 3.70. The van der Waals surface area contributed by atoms with E-state index in [4.69, 9.17) is 11.6 Å². The summed E-state index contributed by atoms with van der Waals surface area (Å²) in [5, 5.41) is 6.52. The number of hydrogen-bond donors (Lipinski definition) is 0. The number of pyridine rings is 2. The third-order valence-corrected chi connectivity index (χ3v) is 17.2. The van der Waals surface area contributed by atoms with E-state index in [9.17, 15) is 0 Å². The number of hydrogen-bond acceptors (Lipinski definition) is 4. The van der Waals surface area contributed by atoms with Gasteiger partial charge in [0.15, 0.2) is 0 Å². The van der Waals surface area contributed by atoms with Crippen molar-refractivity contribution in [1.29, 1.82) is 0 Å². The molecule has 0 radical (unpaired) electrons. The van der Waals surface area contributed by atoms with Gasteiger partial charge in [0.1, 0.15) is 21.3 Å². The molecule has 10 heteroatoms. The van der Waals surface area contributed by atoms with E-state index >= 15 is 0 Å². The van der Waals surface area contributed by atoms with Gasteiger partial charge < -0.3 is 0 Å². The molecule has 4 nitrogen and oxygen atoms in total. The first-order valence-corrected chi connectivity index (χ1v) is 35.0. The molecular formula is C36H47ClI3N4Si2-. The fraction of sp³-hybridized carbons (Fsp3) is 0.389. The molecule has 0 amide bonds. The van der Waals surface area contributed by atoms with Crippen molar-refractivity contribution in [2.24, 2.45) is 0 Å². The van der Waals surface area contributed by atoms with E-state index in [1.54, 1.807) is 5.19 Å². The van der Waals surface area contributed by atoms with Crippen molar-refractivity contribution in [3.8, 4) is 0 Å². The van der Waals surface area contributed by atoms with Crippen LogP contribution in [0, 0.1) is 0 Å². The molecule has 0 bridgehead atoms. The molecule has 2 aliphatic heterocycles. The Kier molecular flexibility index (Phi) is 15.0. The van der Waals surface area contributed by atoms with Crippen molar-refractivity contribution in [2.75, 3.05) is 27.2 Å². The van der Waals surface area contributed by atoms with Gasteiger partial charge in [0.2, 0.25) is 0 Å². The van der Waals surface area contributed by atoms with E-state index in [-0.39, 0.29) is 0 Å². The second kappa shape index (κ2) is 18.0. The van der Waals surface area contributed by atoms with Gasteiger partial charge in [-0.2, -0.15) is 0 Å². The van der Waals surface area contributed by atoms with Crippen LogP contribution in [0.4, 0.5) is 0 Å². The molecule has 2 aliphatic rings. The SMILES string of the molecule is CN1CCC[C@H]1c1cnc(Cl)cc1[Si](C)(C)c1ccccc1.CN1CCC[C@H]1c1cnccc1[Si](C)(C)c1ccccc1.I[I-]I. The monoisotopic (exact) mass is 1010 g/mol. The van der Waals surface area contributed by atoms with Crippen LogP contribution in [0.15, 0.2) is 91.4 Å². The molecule has 2 atom stereocenters. The van der Waals surface area contributed by atoms with Crippen LogP contribution in [-0.4, -0.2) is 63.1 Å². The molecule has 4 aromatic rings. The molecule has 2 aromatic heterocycles. The quantitative estimate of drug-likeness (QED) is 0.159. The summed E-state index contributed by atoms with van der Waals surface area (Å²) in [6.45, 7) is 12.1. The second-order valence-electron chi connectivity index (χ2n) is 13.4. The van der Waals surface area contributed by atoms with Crippen LogP contribution in [0.1, 0.15) is 48.9 Å². The molecule has 46 heavy (non-hydrogen) atoms. The van der Waals surface area contributed by atoms with E-state index in [1.807, 2.05) is 12.4 Å². The average molecular weight is 1010 g/mol. The van der Waals surface area contributed by atoms with Gasteiger partial charge in [0.05, 0.1) is 0 Å². The normalized spacial score (nSPS) is 18.9. The number of nitrogens with zero attached hydrogens (tertiary/aromatic N) is 4. The van der Waals surface area contributed by atoms with Crippen LogP contribution >= 0.6 is 48.8 Å². The molecule has 0 saturated carbocycles. The number of rotatable bonds is 6. The zero-order chi connectivity index (χ0) is 33.3. The van der Waals surface area contributed by atoms with Gasteiger partial charge in [0, 0.05) is 30.7 Å². The minimum atomic E-state index is -1.78. The Labute approximate surface area is 314 Å². The predicted molar refractivity (Wildman–Crippen MR) is 217 cm³/mol. The number of aromatic nitrogens is 2. The van der Waals surface area contributed by atoms with E-state index in [0.29, 0.717) is 30.5 Å². The Morgan fingerprint density at radius 3 is 1.63 bits per heavy atom. The van der Waals surface area contributed by atoms with Crippen LogP contribution in [0.5, 0.6) is 0 Å². The molecule has 0 N–H and O–H groups in total. The topological polar surface area (TPSA) is 32.3 Å². The minimum absolute atomic E-state index is 0.482. The van der Waals surface area contributed by atoms with Gasteiger partial charge in [-0.15, -0.1) is 0 Å². The molecule has 0 spiro atoms. The van der Waals surface area contributed by atoms with Gasteiger partial charge in [-0.3, -0.25) is 14.8 Å². The Bertz CT molecular complexity index is 1530. The van der Waals surface area contributed by atoms with Gasteiger partial charge in [0.25, 0.3) is 0 Å². The number of benzene rings is 2. The van der Waals surface area contributed by atoms with Crippen LogP contribution in [0.3, 0.4) is 0 Å². The fourth-order valence-electron chi connectivity index (χ4n) is 7.12. The first kappa shape index (κ1) is 38.4. The number of halogens is 4. The Morgan fingerprint density at radius 1 is 0.717 bits per heavy atom. The van der Waals surface area contributed by atoms with Gasteiger partial charge in [-0.05, 0) is 86.5 Å². The summed E-state index contributed by atoms with van der Waals surface area (Å²) in [4.78, 5) is 13.7. The molecule has 0 aliphatic carbocycles. The summed E-state index contributed by atoms with van der Waals surface area (Å²) in [5.41, 5.74) is 2.84. The van der Waals surface area contributed by atoms with E-state index in [2.05, 4.69) is 176 Å². The zero-order valence-electron chi connectivity index (χ0n) is 27.9. The van der Waals surface area contributed by atoms with Crippen LogP contribution < -0.4 is 34.0 Å². The summed E-state index contributed by atoms with van der Waals surface area (Å²) in [6.07, 6.45) is 11.1. The summed E-state index contributed by atoms with van der Waals surface area (Å²) < 4.78 is 0. The third-order valence-electron chi connectivity index (χ3n) is 9.85. The predicted octanol–water partition coefficient (Wildman–Crippen LogP) is 4.77. The van der Waals surface area contributed by atoms with E-state index in [0.717, 1.165) is 0 Å². The number of likely N-dealkylation sites (tertiary alicyclic amines) is 2. The summed E-state index contributed by atoms with van der Waals surface area (Å²) in [7, 11) is 1.01. The standard InChI is InChI=1S/C18H23ClN2Si.C18H24N2Si.I3/c1-21-11-7-10-16(21)15-13-20-18(19)12-17(15)22(2,3)14-8-5-4-6-9-14;1-20-13-7-10-17(20)16-14-19-12-11-18(16)21(2,3)15-8-5-4-6-9-15;1-3-2/h4-6,8-9,12-13,16H,7,10-11H2,1-3H3;4-6,8-9,11-12,14,17H,7,10,13H2,1-3H3;/q;;-1/t16-;17-;/m00./s1. The third kappa shape index (κ3) is 9.42. The van der Waals surface area contributed by atoms with Crippen molar-refractivity contribution in [2.45, 2.75) is 64.0 Å². The first-order chi connectivity index (χ1) is 22.0. The summed E-state index contributed by atoms with van der Waals surface area (Å²) in [5.74, 6) is 0. The summed E-state index contributed by atoms with van der Waals surface area (Å²) >= 11 is 11.6.